The van der Waals surface area contributed by atoms with Crippen LogP contribution in [0.4, 0.5) is 0 Å². The fourth-order valence-electron chi connectivity index (χ4n) is 3.35. The predicted octanol–water partition coefficient (Wildman–Crippen LogP) is 1.69. The quantitative estimate of drug-likeness (QED) is 0.893. The zero-order valence-corrected chi connectivity index (χ0v) is 12.8. The number of methoxy groups -OCH3 is 2. The average molecular weight is 307 g/mol. The first-order valence-electron chi connectivity index (χ1n) is 7.46. The first-order valence-corrected chi connectivity index (χ1v) is 7.46. The average Bonchev–Trinajstić information content (AvgIpc) is 2.85. The van der Waals surface area contributed by atoms with E-state index >= 15 is 0 Å². The molecule has 0 saturated carbocycles. The fourth-order valence-corrected chi connectivity index (χ4v) is 3.35. The van der Waals surface area contributed by atoms with Crippen LogP contribution in [0.25, 0.3) is 0 Å². The molecule has 1 N–H and O–H groups in total. The minimum atomic E-state index is -0.864. The summed E-state index contributed by atoms with van der Waals surface area (Å²) >= 11 is 0. The first kappa shape index (κ1) is 15.1. The molecule has 0 radical (unpaired) electrons. The topological polar surface area (TPSA) is 68.2 Å². The molecule has 2 saturated heterocycles. The lowest BCUT2D eigenvalue weighted by molar-refractivity contribution is -0.147. The van der Waals surface area contributed by atoms with Gasteiger partial charge >= 0.3 is 5.97 Å². The lowest BCUT2D eigenvalue weighted by Crippen LogP contribution is -2.46. The van der Waals surface area contributed by atoms with Gasteiger partial charge in [-0.2, -0.15) is 0 Å². The van der Waals surface area contributed by atoms with Crippen molar-refractivity contribution in [1.29, 1.82) is 0 Å². The highest BCUT2D eigenvalue weighted by Crippen LogP contribution is 2.34. The molecule has 0 aliphatic carbocycles. The Balaban J connectivity index is 1.92. The molecule has 2 fully saturated rings. The largest absolute Gasteiger partial charge is 0.497 e. The zero-order valence-electron chi connectivity index (χ0n) is 12.8. The van der Waals surface area contributed by atoms with E-state index in [1.807, 2.05) is 4.90 Å². The maximum Gasteiger partial charge on any atom is 0.325 e. The van der Waals surface area contributed by atoms with Crippen molar-refractivity contribution in [2.24, 2.45) is 0 Å². The van der Waals surface area contributed by atoms with E-state index in [-0.39, 0.29) is 12.2 Å². The number of morpholine rings is 1. The molecular formula is C16H21NO5. The molecule has 0 amide bonds. The minimum Gasteiger partial charge on any atom is -0.497 e. The maximum absolute atomic E-state index is 11.9. The maximum atomic E-state index is 11.9. The van der Waals surface area contributed by atoms with Gasteiger partial charge in [0.2, 0.25) is 0 Å². The van der Waals surface area contributed by atoms with E-state index in [4.69, 9.17) is 14.2 Å². The van der Waals surface area contributed by atoms with E-state index in [2.05, 4.69) is 0 Å². The number of benzene rings is 1. The van der Waals surface area contributed by atoms with Crippen LogP contribution in [0, 0.1) is 0 Å². The van der Waals surface area contributed by atoms with E-state index in [0.29, 0.717) is 30.2 Å². The second-order valence-electron chi connectivity index (χ2n) is 5.80. The summed E-state index contributed by atoms with van der Waals surface area (Å²) in [5.74, 6) is 0.324. The number of carboxylic acids is 1. The Morgan fingerprint density at radius 3 is 2.18 bits per heavy atom. The Morgan fingerprint density at radius 2 is 1.73 bits per heavy atom. The third kappa shape index (κ3) is 2.89. The van der Waals surface area contributed by atoms with Crippen LogP contribution in [0.3, 0.4) is 0 Å². The molecule has 2 bridgehead atoms. The van der Waals surface area contributed by atoms with Crippen LogP contribution in [0.15, 0.2) is 18.2 Å². The van der Waals surface area contributed by atoms with Crippen LogP contribution in [-0.4, -0.2) is 55.5 Å². The van der Waals surface area contributed by atoms with E-state index in [0.717, 1.165) is 12.8 Å². The van der Waals surface area contributed by atoms with Crippen LogP contribution in [-0.2, 0) is 9.53 Å². The molecule has 2 aliphatic rings. The van der Waals surface area contributed by atoms with Gasteiger partial charge in [-0.3, -0.25) is 9.69 Å². The van der Waals surface area contributed by atoms with Gasteiger partial charge in [0, 0.05) is 19.2 Å². The van der Waals surface area contributed by atoms with Crippen molar-refractivity contribution in [2.75, 3.05) is 27.3 Å². The lowest BCUT2D eigenvalue weighted by atomic mass is 10.0. The number of carbonyl (C=O) groups is 1. The number of likely N-dealkylation sites (tertiary alicyclic amines) is 1. The highest BCUT2D eigenvalue weighted by atomic mass is 16.5. The van der Waals surface area contributed by atoms with Gasteiger partial charge in [0.1, 0.15) is 17.5 Å². The van der Waals surface area contributed by atoms with Crippen molar-refractivity contribution in [3.63, 3.8) is 0 Å². The number of fused-ring (bicyclic) bond motifs is 2. The summed E-state index contributed by atoms with van der Waals surface area (Å²) in [7, 11) is 3.12. The fraction of sp³-hybridized carbons (Fsp3) is 0.562. The number of ether oxygens (including phenoxy) is 3. The van der Waals surface area contributed by atoms with E-state index in [1.54, 1.807) is 32.4 Å². The summed E-state index contributed by atoms with van der Waals surface area (Å²) < 4.78 is 16.3. The van der Waals surface area contributed by atoms with Crippen LogP contribution < -0.4 is 9.47 Å². The van der Waals surface area contributed by atoms with Crippen molar-refractivity contribution in [1.82, 2.24) is 4.90 Å². The monoisotopic (exact) mass is 307 g/mol. The number of rotatable bonds is 5. The summed E-state index contributed by atoms with van der Waals surface area (Å²) in [4.78, 5) is 13.9. The molecule has 22 heavy (non-hydrogen) atoms. The van der Waals surface area contributed by atoms with Gasteiger partial charge in [-0.1, -0.05) is 0 Å². The number of nitrogens with zero attached hydrogens (tertiary/aromatic N) is 1. The molecule has 2 heterocycles. The standard InChI is InChI=1S/C16H21NO5/c1-20-13-5-10(6-14(7-13)21-2)15(16(18)19)17-8-11-3-4-12(9-17)22-11/h5-7,11-12,15H,3-4,8-9H2,1-2H3,(H,18,19). The number of aliphatic carboxylic acids is 1. The van der Waals surface area contributed by atoms with Gasteiger partial charge in [-0.25, -0.2) is 0 Å². The Kier molecular flexibility index (Phi) is 4.22. The molecular weight excluding hydrogens is 286 g/mol. The predicted molar refractivity (Wildman–Crippen MR) is 79.4 cm³/mol. The second kappa shape index (κ2) is 6.14. The molecule has 3 rings (SSSR count). The normalized spacial score (nSPS) is 25.7. The van der Waals surface area contributed by atoms with Gasteiger partial charge in [0.25, 0.3) is 0 Å². The van der Waals surface area contributed by atoms with Gasteiger partial charge in [-0.05, 0) is 30.5 Å². The zero-order chi connectivity index (χ0) is 15.7. The van der Waals surface area contributed by atoms with Crippen molar-refractivity contribution in [3.05, 3.63) is 23.8 Å². The molecule has 0 spiro atoms. The third-order valence-corrected chi connectivity index (χ3v) is 4.36. The summed E-state index contributed by atoms with van der Waals surface area (Å²) in [6.45, 7) is 1.29. The number of carboxylic acid groups (broad SMARTS) is 1. The van der Waals surface area contributed by atoms with Crippen LogP contribution in [0.5, 0.6) is 11.5 Å². The van der Waals surface area contributed by atoms with Gasteiger partial charge in [0.05, 0.1) is 26.4 Å². The Labute approximate surface area is 129 Å². The molecule has 3 atom stereocenters. The molecule has 6 nitrogen and oxygen atoms in total. The Hall–Kier alpha value is -1.79. The van der Waals surface area contributed by atoms with E-state index < -0.39 is 12.0 Å². The lowest BCUT2D eigenvalue weighted by Gasteiger charge is -2.36. The molecule has 0 aromatic heterocycles. The second-order valence-corrected chi connectivity index (χ2v) is 5.80. The smallest absolute Gasteiger partial charge is 0.325 e. The van der Waals surface area contributed by atoms with Crippen molar-refractivity contribution >= 4 is 5.97 Å². The molecule has 3 unspecified atom stereocenters. The van der Waals surface area contributed by atoms with Gasteiger partial charge in [-0.15, -0.1) is 0 Å². The van der Waals surface area contributed by atoms with Crippen LogP contribution >= 0.6 is 0 Å². The molecule has 120 valence electrons. The van der Waals surface area contributed by atoms with Crippen LogP contribution in [0.2, 0.25) is 0 Å². The van der Waals surface area contributed by atoms with E-state index in [9.17, 15) is 9.90 Å². The van der Waals surface area contributed by atoms with Crippen LogP contribution in [0.1, 0.15) is 24.4 Å². The third-order valence-electron chi connectivity index (χ3n) is 4.36. The minimum absolute atomic E-state index is 0.146. The summed E-state index contributed by atoms with van der Waals surface area (Å²) in [5.41, 5.74) is 0.671. The Morgan fingerprint density at radius 1 is 1.18 bits per heavy atom. The SMILES string of the molecule is COc1cc(OC)cc(C(C(=O)O)N2CC3CCC(C2)O3)c1. The summed E-state index contributed by atoms with van der Waals surface area (Å²) in [5, 5.41) is 9.73. The summed E-state index contributed by atoms with van der Waals surface area (Å²) in [6.07, 6.45) is 2.31. The highest BCUT2D eigenvalue weighted by molar-refractivity contribution is 5.76. The van der Waals surface area contributed by atoms with Crippen molar-refractivity contribution in [2.45, 2.75) is 31.1 Å². The van der Waals surface area contributed by atoms with Crippen molar-refractivity contribution in [3.8, 4) is 11.5 Å². The van der Waals surface area contributed by atoms with Crippen molar-refractivity contribution < 1.29 is 24.1 Å². The number of hydrogen-bond donors (Lipinski definition) is 1. The summed E-state index contributed by atoms with van der Waals surface area (Å²) in [6, 6.07) is 4.55. The number of hydrogen-bond acceptors (Lipinski definition) is 5. The molecule has 1 aromatic carbocycles. The molecule has 6 heteroatoms. The molecule has 2 aliphatic heterocycles. The van der Waals surface area contributed by atoms with Gasteiger partial charge in [0.15, 0.2) is 0 Å². The first-order chi connectivity index (χ1) is 10.6. The van der Waals surface area contributed by atoms with Gasteiger partial charge < -0.3 is 19.3 Å². The Bertz CT molecular complexity index is 527. The highest BCUT2D eigenvalue weighted by Gasteiger charge is 2.39. The molecule has 1 aromatic rings. The van der Waals surface area contributed by atoms with E-state index in [1.165, 1.54) is 0 Å².